The molecule has 0 radical (unpaired) electrons. The third-order valence-corrected chi connectivity index (χ3v) is 1.01. The zero-order valence-corrected chi connectivity index (χ0v) is 5.24. The molecule has 0 saturated heterocycles. The molecular weight excluding hydrogens is 130 g/mol. The van der Waals surface area contributed by atoms with E-state index in [1.165, 1.54) is 12.1 Å². The van der Waals surface area contributed by atoms with E-state index in [1.807, 2.05) is 0 Å². The van der Waals surface area contributed by atoms with Crippen LogP contribution >= 0.6 is 0 Å². The molecule has 0 saturated carbocycles. The van der Waals surface area contributed by atoms with E-state index >= 15 is 0 Å². The van der Waals surface area contributed by atoms with Gasteiger partial charge in [0, 0.05) is 11.8 Å². The van der Waals surface area contributed by atoms with Gasteiger partial charge in [0.15, 0.2) is 6.29 Å². The Bertz CT molecular complexity index is 239. The van der Waals surface area contributed by atoms with Gasteiger partial charge in [-0.25, -0.2) is 4.98 Å². The van der Waals surface area contributed by atoms with Gasteiger partial charge in [0.2, 0.25) is 0 Å². The summed E-state index contributed by atoms with van der Waals surface area (Å²) in [6.45, 7) is 0. The second-order valence-corrected chi connectivity index (χ2v) is 1.87. The van der Waals surface area contributed by atoms with Crippen LogP contribution in [-0.2, 0) is 0 Å². The molecule has 52 valence electrons. The van der Waals surface area contributed by atoms with Crippen LogP contribution in [0.25, 0.3) is 0 Å². The van der Waals surface area contributed by atoms with Crippen molar-refractivity contribution in [3.8, 4) is 0 Å². The van der Waals surface area contributed by atoms with E-state index in [0.717, 1.165) is 0 Å². The quantitative estimate of drug-likeness (QED) is 0.536. The zero-order valence-electron chi connectivity index (χ0n) is 5.24. The predicted octanol–water partition coefficient (Wildman–Crippen LogP) is 0.0585. The van der Waals surface area contributed by atoms with Crippen molar-refractivity contribution in [3.05, 3.63) is 17.8 Å². The first-order chi connectivity index (χ1) is 4.72. The molecule has 0 amide bonds. The van der Waals surface area contributed by atoms with E-state index in [-0.39, 0.29) is 11.5 Å². The predicted molar refractivity (Wildman–Crippen MR) is 38.4 cm³/mol. The molecule has 0 aliphatic heterocycles. The van der Waals surface area contributed by atoms with Gasteiger partial charge in [0.25, 0.3) is 0 Å². The van der Waals surface area contributed by atoms with Gasteiger partial charge in [0.1, 0.15) is 11.5 Å². The van der Waals surface area contributed by atoms with Crippen LogP contribution in [0, 0.1) is 0 Å². The maximum atomic E-state index is 10.1. The first kappa shape index (κ1) is 6.54. The number of nitrogens with two attached hydrogens (primary N) is 2. The first-order valence-corrected chi connectivity index (χ1v) is 2.70. The molecular formula is C6H7N3O. The number of anilines is 2. The maximum absolute atomic E-state index is 10.1. The monoisotopic (exact) mass is 137 g/mol. The summed E-state index contributed by atoms with van der Waals surface area (Å²) in [7, 11) is 0. The van der Waals surface area contributed by atoms with E-state index < -0.39 is 0 Å². The highest BCUT2D eigenvalue weighted by Gasteiger charge is 1.94. The van der Waals surface area contributed by atoms with Gasteiger partial charge in [-0.15, -0.1) is 0 Å². The first-order valence-electron chi connectivity index (χ1n) is 2.70. The lowest BCUT2D eigenvalue weighted by Gasteiger charge is -1.95. The van der Waals surface area contributed by atoms with E-state index in [9.17, 15) is 4.79 Å². The van der Waals surface area contributed by atoms with Crippen molar-refractivity contribution in [2.45, 2.75) is 0 Å². The van der Waals surface area contributed by atoms with Gasteiger partial charge in [0.05, 0.1) is 0 Å². The Morgan fingerprint density at radius 3 is 2.60 bits per heavy atom. The molecule has 0 aromatic carbocycles. The van der Waals surface area contributed by atoms with Crippen molar-refractivity contribution in [1.82, 2.24) is 4.98 Å². The van der Waals surface area contributed by atoms with E-state index in [4.69, 9.17) is 11.5 Å². The lowest BCUT2D eigenvalue weighted by atomic mass is 10.3. The lowest BCUT2D eigenvalue weighted by molar-refractivity contribution is 0.111. The minimum Gasteiger partial charge on any atom is -0.399 e. The molecule has 0 bridgehead atoms. The van der Waals surface area contributed by atoms with Gasteiger partial charge in [-0.3, -0.25) is 4.79 Å². The van der Waals surface area contributed by atoms with Crippen molar-refractivity contribution < 1.29 is 4.79 Å². The molecule has 0 aliphatic carbocycles. The second kappa shape index (κ2) is 2.34. The summed E-state index contributed by atoms with van der Waals surface area (Å²) in [4.78, 5) is 13.8. The van der Waals surface area contributed by atoms with Crippen molar-refractivity contribution >= 4 is 17.8 Å². The number of hydrogen-bond acceptors (Lipinski definition) is 4. The molecule has 0 fully saturated rings. The van der Waals surface area contributed by atoms with Crippen LogP contribution in [0.1, 0.15) is 10.5 Å². The Kier molecular flexibility index (Phi) is 1.53. The van der Waals surface area contributed by atoms with Crippen molar-refractivity contribution in [2.75, 3.05) is 11.5 Å². The zero-order chi connectivity index (χ0) is 7.56. The minimum absolute atomic E-state index is 0.262. The van der Waals surface area contributed by atoms with Crippen molar-refractivity contribution in [2.24, 2.45) is 0 Å². The molecule has 0 unspecified atom stereocenters. The van der Waals surface area contributed by atoms with Crippen LogP contribution in [0.4, 0.5) is 11.5 Å². The summed E-state index contributed by atoms with van der Waals surface area (Å²) in [6.07, 6.45) is 0.604. The number of carbonyl (C=O) groups is 1. The van der Waals surface area contributed by atoms with E-state index in [2.05, 4.69) is 4.98 Å². The SMILES string of the molecule is Nc1cc(N)nc(C=O)c1. The van der Waals surface area contributed by atoms with Crippen LogP contribution in [0.15, 0.2) is 12.1 Å². The largest absolute Gasteiger partial charge is 0.399 e. The van der Waals surface area contributed by atoms with Gasteiger partial charge in [-0.2, -0.15) is 0 Å². The number of pyridine rings is 1. The smallest absolute Gasteiger partial charge is 0.168 e. The number of nitrogen functional groups attached to an aromatic ring is 2. The van der Waals surface area contributed by atoms with Crippen LogP contribution in [0.3, 0.4) is 0 Å². The molecule has 1 rings (SSSR count). The Balaban J connectivity index is 3.18. The van der Waals surface area contributed by atoms with Crippen LogP contribution in [-0.4, -0.2) is 11.3 Å². The number of aldehydes is 1. The normalized spacial score (nSPS) is 9.20. The topological polar surface area (TPSA) is 82.0 Å². The average Bonchev–Trinajstić information content (AvgIpc) is 1.85. The molecule has 0 spiro atoms. The van der Waals surface area contributed by atoms with Gasteiger partial charge in [-0.05, 0) is 6.07 Å². The lowest BCUT2D eigenvalue weighted by Crippen LogP contribution is -1.97. The molecule has 0 atom stereocenters. The Hall–Kier alpha value is -1.58. The molecule has 0 aliphatic rings. The number of carbonyl (C=O) groups excluding carboxylic acids is 1. The van der Waals surface area contributed by atoms with E-state index in [0.29, 0.717) is 12.0 Å². The Labute approximate surface area is 57.9 Å². The molecule has 1 heterocycles. The minimum atomic E-state index is 0.262. The number of rotatable bonds is 1. The summed E-state index contributed by atoms with van der Waals surface area (Å²) in [5, 5.41) is 0. The molecule has 4 heteroatoms. The van der Waals surface area contributed by atoms with Crippen LogP contribution in [0.5, 0.6) is 0 Å². The third-order valence-electron chi connectivity index (χ3n) is 1.01. The van der Waals surface area contributed by atoms with Gasteiger partial charge in [-0.1, -0.05) is 0 Å². The molecule has 4 nitrogen and oxygen atoms in total. The van der Waals surface area contributed by atoms with Crippen molar-refractivity contribution in [1.29, 1.82) is 0 Å². The maximum Gasteiger partial charge on any atom is 0.168 e. The summed E-state index contributed by atoms with van der Waals surface area (Å²) in [6, 6.07) is 2.95. The highest BCUT2D eigenvalue weighted by Crippen LogP contribution is 2.06. The standard InChI is InChI=1S/C6H7N3O/c7-4-1-5(3-10)9-6(8)2-4/h1-3H,(H4,7,8,9). The highest BCUT2D eigenvalue weighted by molar-refractivity contribution is 5.74. The summed E-state index contributed by atoms with van der Waals surface area (Å²) in [5.41, 5.74) is 11.4. The van der Waals surface area contributed by atoms with Gasteiger partial charge < -0.3 is 11.5 Å². The third kappa shape index (κ3) is 1.22. The fourth-order valence-corrected chi connectivity index (χ4v) is 0.657. The van der Waals surface area contributed by atoms with E-state index in [1.54, 1.807) is 0 Å². The van der Waals surface area contributed by atoms with Crippen molar-refractivity contribution in [3.63, 3.8) is 0 Å². The second-order valence-electron chi connectivity index (χ2n) is 1.87. The summed E-state index contributed by atoms with van der Waals surface area (Å²) < 4.78 is 0. The number of hydrogen-bond donors (Lipinski definition) is 2. The highest BCUT2D eigenvalue weighted by atomic mass is 16.1. The fourth-order valence-electron chi connectivity index (χ4n) is 0.657. The molecule has 1 aromatic heterocycles. The Morgan fingerprint density at radius 2 is 2.10 bits per heavy atom. The van der Waals surface area contributed by atoms with Crippen LogP contribution in [0.2, 0.25) is 0 Å². The molecule has 1 aromatic rings. The molecule has 10 heavy (non-hydrogen) atoms. The molecule has 4 N–H and O–H groups in total. The fraction of sp³-hybridized carbons (Fsp3) is 0. The average molecular weight is 137 g/mol. The number of nitrogens with zero attached hydrogens (tertiary/aromatic N) is 1. The summed E-state index contributed by atoms with van der Waals surface area (Å²) in [5.74, 6) is 0.266. The van der Waals surface area contributed by atoms with Crippen LogP contribution < -0.4 is 11.5 Å². The Morgan fingerprint density at radius 1 is 1.40 bits per heavy atom. The number of aromatic nitrogens is 1. The summed E-state index contributed by atoms with van der Waals surface area (Å²) >= 11 is 0. The van der Waals surface area contributed by atoms with Gasteiger partial charge >= 0.3 is 0 Å².